The number of nitrogens with one attached hydrogen (secondary N) is 1. The molecule has 0 aliphatic rings. The van der Waals surface area contributed by atoms with E-state index in [-0.39, 0.29) is 11.4 Å². The number of rotatable bonds is 4. The zero-order valence-electron chi connectivity index (χ0n) is 8.43. The Balaban J connectivity index is 3.20. The van der Waals surface area contributed by atoms with Gasteiger partial charge in [-0.2, -0.15) is 0 Å². The summed E-state index contributed by atoms with van der Waals surface area (Å²) < 4.78 is 26.8. The van der Waals surface area contributed by atoms with Gasteiger partial charge in [0.15, 0.2) is 11.6 Å². The quantitative estimate of drug-likeness (QED) is 0.635. The fourth-order valence-electron chi connectivity index (χ4n) is 1.20. The third kappa shape index (κ3) is 2.54. The molecule has 0 saturated carbocycles. The highest BCUT2D eigenvalue weighted by Gasteiger charge is 2.19. The van der Waals surface area contributed by atoms with Gasteiger partial charge < -0.3 is 5.32 Å². The van der Waals surface area contributed by atoms with Crippen LogP contribution in [0.5, 0.6) is 0 Å². The molecule has 5 heteroatoms. The van der Waals surface area contributed by atoms with E-state index in [0.717, 1.165) is 17.8 Å². The minimum Gasteiger partial charge on any atom is -0.313 e. The van der Waals surface area contributed by atoms with Crippen LogP contribution < -0.4 is 5.32 Å². The largest absolute Gasteiger partial charge is 0.313 e. The standard InChI is InChI=1S/C10H11F2NOS/c1-13-5-7(14)9-6(11)3-4-8(15-2)10(9)12/h3-4,13H,5H2,1-2H3. The van der Waals surface area contributed by atoms with Gasteiger partial charge in [-0.3, -0.25) is 4.79 Å². The Kier molecular flexibility index (Phi) is 4.23. The van der Waals surface area contributed by atoms with E-state index in [2.05, 4.69) is 5.32 Å². The Morgan fingerprint density at radius 1 is 1.47 bits per heavy atom. The van der Waals surface area contributed by atoms with Gasteiger partial charge in [0.1, 0.15) is 5.82 Å². The van der Waals surface area contributed by atoms with Crippen LogP contribution in [0.3, 0.4) is 0 Å². The van der Waals surface area contributed by atoms with Gasteiger partial charge in [0.2, 0.25) is 0 Å². The molecule has 0 amide bonds. The summed E-state index contributed by atoms with van der Waals surface area (Å²) in [6, 6.07) is 2.43. The molecule has 0 bridgehead atoms. The molecule has 1 N–H and O–H groups in total. The van der Waals surface area contributed by atoms with Crippen molar-refractivity contribution in [1.82, 2.24) is 5.32 Å². The van der Waals surface area contributed by atoms with Crippen molar-refractivity contribution in [2.24, 2.45) is 0 Å². The average Bonchev–Trinajstić information content (AvgIpc) is 2.18. The minimum atomic E-state index is -0.814. The molecular formula is C10H11F2NOS. The molecule has 1 aromatic rings. The minimum absolute atomic E-state index is 0.0777. The maximum Gasteiger partial charge on any atom is 0.182 e. The van der Waals surface area contributed by atoms with Gasteiger partial charge in [0.25, 0.3) is 0 Å². The van der Waals surface area contributed by atoms with E-state index >= 15 is 0 Å². The molecule has 0 aliphatic carbocycles. The average molecular weight is 231 g/mol. The lowest BCUT2D eigenvalue weighted by molar-refractivity contribution is 0.0985. The van der Waals surface area contributed by atoms with Crippen molar-refractivity contribution in [1.29, 1.82) is 0 Å². The van der Waals surface area contributed by atoms with Crippen molar-refractivity contribution in [3.05, 3.63) is 29.3 Å². The molecule has 0 fully saturated rings. The second-order valence-electron chi connectivity index (χ2n) is 2.89. The topological polar surface area (TPSA) is 29.1 Å². The van der Waals surface area contributed by atoms with Crippen LogP contribution in [0.25, 0.3) is 0 Å². The van der Waals surface area contributed by atoms with E-state index in [0.29, 0.717) is 0 Å². The fourth-order valence-corrected chi connectivity index (χ4v) is 1.68. The van der Waals surface area contributed by atoms with E-state index in [1.54, 1.807) is 13.3 Å². The zero-order valence-corrected chi connectivity index (χ0v) is 9.25. The van der Waals surface area contributed by atoms with E-state index in [9.17, 15) is 13.6 Å². The third-order valence-corrected chi connectivity index (χ3v) is 2.65. The number of Topliss-reactive ketones (excluding diaryl/α,β-unsaturated/α-hetero) is 1. The van der Waals surface area contributed by atoms with Crippen LogP contribution in [0.15, 0.2) is 17.0 Å². The first-order valence-corrected chi connectivity index (χ1v) is 5.54. The molecule has 0 atom stereocenters. The number of ketones is 1. The van der Waals surface area contributed by atoms with Crippen molar-refractivity contribution in [3.63, 3.8) is 0 Å². The van der Waals surface area contributed by atoms with Crippen LogP contribution in [0.1, 0.15) is 10.4 Å². The molecule has 0 aromatic heterocycles. The number of carbonyl (C=O) groups is 1. The fraction of sp³-hybridized carbons (Fsp3) is 0.300. The first-order chi connectivity index (χ1) is 7.11. The van der Waals surface area contributed by atoms with Gasteiger partial charge in [0.05, 0.1) is 12.1 Å². The van der Waals surface area contributed by atoms with Crippen LogP contribution in [-0.4, -0.2) is 25.6 Å². The molecule has 0 spiro atoms. The molecule has 0 saturated heterocycles. The highest BCUT2D eigenvalue weighted by atomic mass is 32.2. The lowest BCUT2D eigenvalue weighted by atomic mass is 10.1. The molecule has 1 rings (SSSR count). The summed E-state index contributed by atoms with van der Waals surface area (Å²) in [5.74, 6) is -2.17. The highest BCUT2D eigenvalue weighted by Crippen LogP contribution is 2.24. The number of likely N-dealkylation sites (N-methyl/N-ethyl adjacent to an activating group) is 1. The van der Waals surface area contributed by atoms with Gasteiger partial charge in [-0.05, 0) is 25.4 Å². The van der Waals surface area contributed by atoms with Crippen molar-refractivity contribution in [2.45, 2.75) is 4.90 Å². The number of hydrogen-bond donors (Lipinski definition) is 1. The number of halogens is 2. The Morgan fingerprint density at radius 2 is 2.13 bits per heavy atom. The Morgan fingerprint density at radius 3 is 2.67 bits per heavy atom. The zero-order chi connectivity index (χ0) is 11.4. The van der Waals surface area contributed by atoms with Crippen molar-refractivity contribution in [3.8, 4) is 0 Å². The summed E-state index contributed by atoms with van der Waals surface area (Å²) in [5.41, 5.74) is -0.462. The van der Waals surface area contributed by atoms with Gasteiger partial charge in [-0.15, -0.1) is 11.8 Å². The maximum atomic E-state index is 13.6. The predicted molar refractivity (Wildman–Crippen MR) is 56.4 cm³/mol. The van der Waals surface area contributed by atoms with Crippen LogP contribution in [0, 0.1) is 11.6 Å². The monoisotopic (exact) mass is 231 g/mol. The van der Waals surface area contributed by atoms with Gasteiger partial charge in [-0.1, -0.05) is 0 Å². The molecule has 0 heterocycles. The molecule has 82 valence electrons. The summed E-state index contributed by atoms with van der Waals surface area (Å²) in [6.07, 6.45) is 1.67. The lowest BCUT2D eigenvalue weighted by Gasteiger charge is -2.06. The summed E-state index contributed by atoms with van der Waals surface area (Å²) in [5, 5.41) is 2.57. The first-order valence-electron chi connectivity index (χ1n) is 4.31. The second kappa shape index (κ2) is 5.23. The van der Waals surface area contributed by atoms with Gasteiger partial charge >= 0.3 is 0 Å². The van der Waals surface area contributed by atoms with Crippen molar-refractivity contribution < 1.29 is 13.6 Å². The second-order valence-corrected chi connectivity index (χ2v) is 3.74. The number of benzene rings is 1. The Labute approximate surface area is 91.1 Å². The van der Waals surface area contributed by atoms with Gasteiger partial charge in [0, 0.05) is 4.90 Å². The summed E-state index contributed by atoms with van der Waals surface area (Å²) in [6.45, 7) is -0.0777. The van der Waals surface area contributed by atoms with E-state index in [4.69, 9.17) is 0 Å². The van der Waals surface area contributed by atoms with Crippen LogP contribution in [0.2, 0.25) is 0 Å². The van der Waals surface area contributed by atoms with E-state index in [1.807, 2.05) is 0 Å². The van der Waals surface area contributed by atoms with Crippen molar-refractivity contribution >= 4 is 17.5 Å². The number of thioether (sulfide) groups is 1. The smallest absolute Gasteiger partial charge is 0.182 e. The Bertz CT molecular complexity index is 382. The van der Waals surface area contributed by atoms with Crippen LogP contribution in [-0.2, 0) is 0 Å². The number of carbonyl (C=O) groups excluding carboxylic acids is 1. The van der Waals surface area contributed by atoms with Crippen LogP contribution >= 0.6 is 11.8 Å². The molecule has 0 radical (unpaired) electrons. The molecule has 2 nitrogen and oxygen atoms in total. The Hall–Kier alpha value is -0.940. The SMILES string of the molecule is CNCC(=O)c1c(F)ccc(SC)c1F. The third-order valence-electron chi connectivity index (χ3n) is 1.89. The predicted octanol–water partition coefficient (Wildman–Crippen LogP) is 2.09. The summed E-state index contributed by atoms with van der Waals surface area (Å²) in [4.78, 5) is 11.7. The molecular weight excluding hydrogens is 220 g/mol. The lowest BCUT2D eigenvalue weighted by Crippen LogP contribution is -2.21. The van der Waals surface area contributed by atoms with Crippen LogP contribution in [0.4, 0.5) is 8.78 Å². The van der Waals surface area contributed by atoms with E-state index in [1.165, 1.54) is 6.07 Å². The first kappa shape index (κ1) is 12.1. The highest BCUT2D eigenvalue weighted by molar-refractivity contribution is 7.98. The molecule has 1 aromatic carbocycles. The summed E-state index contributed by atoms with van der Waals surface area (Å²) in [7, 11) is 1.55. The summed E-state index contributed by atoms with van der Waals surface area (Å²) >= 11 is 1.14. The van der Waals surface area contributed by atoms with E-state index < -0.39 is 23.0 Å². The van der Waals surface area contributed by atoms with Gasteiger partial charge in [-0.25, -0.2) is 8.78 Å². The number of hydrogen-bond acceptors (Lipinski definition) is 3. The molecule has 0 aliphatic heterocycles. The van der Waals surface area contributed by atoms with Crippen molar-refractivity contribution in [2.75, 3.05) is 19.8 Å². The molecule has 15 heavy (non-hydrogen) atoms. The molecule has 0 unspecified atom stereocenters. The normalized spacial score (nSPS) is 10.4. The maximum absolute atomic E-state index is 13.6.